The fourth-order valence-corrected chi connectivity index (χ4v) is 2.24. The molecular formula is C19H18F3NO3. The summed E-state index contributed by atoms with van der Waals surface area (Å²) in [4.78, 5) is 23.7. The Morgan fingerprint density at radius 2 is 1.65 bits per heavy atom. The van der Waals surface area contributed by atoms with Gasteiger partial charge in [-0.05, 0) is 35.7 Å². The third-order valence-corrected chi connectivity index (χ3v) is 3.65. The number of ether oxygens (including phenoxy) is 1. The Morgan fingerprint density at radius 3 is 2.23 bits per heavy atom. The van der Waals surface area contributed by atoms with E-state index in [1.807, 2.05) is 13.8 Å². The van der Waals surface area contributed by atoms with Gasteiger partial charge in [0, 0.05) is 0 Å². The second kappa shape index (κ2) is 8.03. The van der Waals surface area contributed by atoms with E-state index in [-0.39, 0.29) is 11.3 Å². The van der Waals surface area contributed by atoms with Crippen molar-refractivity contribution in [2.24, 2.45) is 0 Å². The van der Waals surface area contributed by atoms with Gasteiger partial charge in [0.25, 0.3) is 5.91 Å². The number of rotatable bonds is 5. The molecule has 0 radical (unpaired) electrons. The molecule has 2 aromatic carbocycles. The molecular weight excluding hydrogens is 347 g/mol. The first-order valence-corrected chi connectivity index (χ1v) is 7.91. The molecule has 0 heterocycles. The van der Waals surface area contributed by atoms with Crippen LogP contribution in [0, 0.1) is 0 Å². The maximum Gasteiger partial charge on any atom is 0.418 e. The van der Waals surface area contributed by atoms with Crippen LogP contribution in [0.3, 0.4) is 0 Å². The number of benzene rings is 2. The summed E-state index contributed by atoms with van der Waals surface area (Å²) < 4.78 is 43.5. The Balaban J connectivity index is 1.96. The van der Waals surface area contributed by atoms with Gasteiger partial charge in [0.1, 0.15) is 0 Å². The number of halogens is 3. The molecule has 0 fully saturated rings. The average Bonchev–Trinajstić information content (AvgIpc) is 2.59. The maximum absolute atomic E-state index is 12.9. The highest BCUT2D eigenvalue weighted by molar-refractivity contribution is 5.96. The van der Waals surface area contributed by atoms with E-state index in [4.69, 9.17) is 4.74 Å². The van der Waals surface area contributed by atoms with Crippen molar-refractivity contribution in [3.63, 3.8) is 0 Å². The zero-order chi connectivity index (χ0) is 19.3. The highest BCUT2D eigenvalue weighted by atomic mass is 19.4. The summed E-state index contributed by atoms with van der Waals surface area (Å²) in [6, 6.07) is 11.3. The number of carbonyl (C=O) groups is 2. The van der Waals surface area contributed by atoms with E-state index >= 15 is 0 Å². The third kappa shape index (κ3) is 5.08. The smallest absolute Gasteiger partial charge is 0.418 e. The topological polar surface area (TPSA) is 55.4 Å². The van der Waals surface area contributed by atoms with Crippen molar-refractivity contribution in [2.75, 3.05) is 11.9 Å². The first-order chi connectivity index (χ1) is 12.2. The van der Waals surface area contributed by atoms with Crippen LogP contribution >= 0.6 is 0 Å². The molecule has 0 aliphatic carbocycles. The molecule has 138 valence electrons. The molecule has 1 N–H and O–H groups in total. The number of esters is 1. The fraction of sp³-hybridized carbons (Fsp3) is 0.263. The van der Waals surface area contributed by atoms with Crippen LogP contribution in [0.5, 0.6) is 0 Å². The Hall–Kier alpha value is -2.83. The van der Waals surface area contributed by atoms with Crippen LogP contribution in [-0.4, -0.2) is 18.5 Å². The molecule has 2 rings (SSSR count). The third-order valence-electron chi connectivity index (χ3n) is 3.65. The van der Waals surface area contributed by atoms with Crippen LogP contribution in [0.4, 0.5) is 18.9 Å². The minimum Gasteiger partial charge on any atom is -0.452 e. The van der Waals surface area contributed by atoms with Crippen LogP contribution < -0.4 is 5.32 Å². The van der Waals surface area contributed by atoms with Gasteiger partial charge in [0.05, 0.1) is 16.8 Å². The summed E-state index contributed by atoms with van der Waals surface area (Å²) in [6.07, 6.45) is -4.60. The number of nitrogens with one attached hydrogen (secondary N) is 1. The first-order valence-electron chi connectivity index (χ1n) is 7.91. The van der Waals surface area contributed by atoms with E-state index < -0.39 is 30.2 Å². The van der Waals surface area contributed by atoms with Gasteiger partial charge in [-0.25, -0.2) is 4.79 Å². The van der Waals surface area contributed by atoms with E-state index in [9.17, 15) is 22.8 Å². The van der Waals surface area contributed by atoms with Crippen LogP contribution in [0.25, 0.3) is 0 Å². The van der Waals surface area contributed by atoms with Crippen molar-refractivity contribution in [2.45, 2.75) is 25.9 Å². The summed E-state index contributed by atoms with van der Waals surface area (Å²) >= 11 is 0. The number of alkyl halides is 3. The van der Waals surface area contributed by atoms with Crippen LogP contribution in [0.2, 0.25) is 0 Å². The monoisotopic (exact) mass is 365 g/mol. The summed E-state index contributed by atoms with van der Waals surface area (Å²) in [6.45, 7) is 3.34. The predicted octanol–water partition coefficient (Wildman–Crippen LogP) is 4.62. The molecule has 0 aromatic heterocycles. The van der Waals surface area contributed by atoms with Crippen LogP contribution in [0.1, 0.15) is 41.3 Å². The van der Waals surface area contributed by atoms with Crippen molar-refractivity contribution in [3.05, 3.63) is 65.2 Å². The molecule has 0 saturated carbocycles. The van der Waals surface area contributed by atoms with Gasteiger partial charge in [0.15, 0.2) is 6.61 Å². The number of hydrogen-bond donors (Lipinski definition) is 1. The minimum absolute atomic E-state index is 0.262. The fourth-order valence-electron chi connectivity index (χ4n) is 2.24. The van der Waals surface area contributed by atoms with Gasteiger partial charge in [-0.15, -0.1) is 0 Å². The quantitative estimate of drug-likeness (QED) is 0.787. The molecule has 0 aliphatic heterocycles. The van der Waals surface area contributed by atoms with Crippen LogP contribution in [-0.2, 0) is 15.7 Å². The normalized spacial score (nSPS) is 11.3. The van der Waals surface area contributed by atoms with Crippen LogP contribution in [0.15, 0.2) is 48.5 Å². The van der Waals surface area contributed by atoms with Gasteiger partial charge in [-0.1, -0.05) is 38.1 Å². The number of para-hydroxylation sites is 1. The SMILES string of the molecule is CC(C)c1ccc(C(=O)OCC(=O)Nc2ccccc2C(F)(F)F)cc1. The zero-order valence-electron chi connectivity index (χ0n) is 14.3. The maximum atomic E-state index is 12.9. The van der Waals surface area contributed by atoms with Gasteiger partial charge in [-0.2, -0.15) is 13.2 Å². The summed E-state index contributed by atoms with van der Waals surface area (Å²) in [5.74, 6) is -1.27. The van der Waals surface area contributed by atoms with Gasteiger partial charge < -0.3 is 10.1 Å². The lowest BCUT2D eigenvalue weighted by atomic mass is 10.0. The Morgan fingerprint density at radius 1 is 1.04 bits per heavy atom. The van der Waals surface area contributed by atoms with Crippen molar-refractivity contribution in [3.8, 4) is 0 Å². The van der Waals surface area contributed by atoms with Crippen molar-refractivity contribution < 1.29 is 27.5 Å². The average molecular weight is 365 g/mol. The molecule has 0 atom stereocenters. The standard InChI is InChI=1S/C19H18F3NO3/c1-12(2)13-7-9-14(10-8-13)18(25)26-11-17(24)23-16-6-4-3-5-15(16)19(20,21)22/h3-10,12H,11H2,1-2H3,(H,23,24). The molecule has 0 saturated heterocycles. The molecule has 0 spiro atoms. The second-order valence-electron chi connectivity index (χ2n) is 5.94. The lowest BCUT2D eigenvalue weighted by Crippen LogP contribution is -2.22. The van der Waals surface area contributed by atoms with Gasteiger partial charge >= 0.3 is 12.1 Å². The van der Waals surface area contributed by atoms with E-state index in [0.717, 1.165) is 17.7 Å². The summed E-state index contributed by atoms with van der Waals surface area (Å²) in [5.41, 5.74) is -0.0489. The molecule has 26 heavy (non-hydrogen) atoms. The van der Waals surface area contributed by atoms with Gasteiger partial charge in [0.2, 0.25) is 0 Å². The highest BCUT2D eigenvalue weighted by Crippen LogP contribution is 2.34. The second-order valence-corrected chi connectivity index (χ2v) is 5.94. The molecule has 1 amide bonds. The molecule has 7 heteroatoms. The number of hydrogen-bond acceptors (Lipinski definition) is 3. The lowest BCUT2D eigenvalue weighted by Gasteiger charge is -2.13. The summed E-state index contributed by atoms with van der Waals surface area (Å²) in [5, 5.41) is 2.11. The predicted molar refractivity (Wildman–Crippen MR) is 90.9 cm³/mol. The molecule has 4 nitrogen and oxygen atoms in total. The highest BCUT2D eigenvalue weighted by Gasteiger charge is 2.33. The summed E-state index contributed by atoms with van der Waals surface area (Å²) in [7, 11) is 0. The Kier molecular flexibility index (Phi) is 6.02. The lowest BCUT2D eigenvalue weighted by molar-refractivity contribution is -0.137. The van der Waals surface area contributed by atoms with E-state index in [2.05, 4.69) is 5.32 Å². The molecule has 0 bridgehead atoms. The molecule has 0 aliphatic rings. The Bertz CT molecular complexity index is 783. The molecule has 2 aromatic rings. The zero-order valence-corrected chi connectivity index (χ0v) is 14.3. The number of anilines is 1. The largest absolute Gasteiger partial charge is 0.452 e. The van der Waals surface area contributed by atoms with E-state index in [1.54, 1.807) is 24.3 Å². The first kappa shape index (κ1) is 19.5. The number of amides is 1. The van der Waals surface area contributed by atoms with Crippen molar-refractivity contribution >= 4 is 17.6 Å². The van der Waals surface area contributed by atoms with E-state index in [1.165, 1.54) is 12.1 Å². The number of carbonyl (C=O) groups excluding carboxylic acids is 2. The van der Waals surface area contributed by atoms with Crippen molar-refractivity contribution in [1.82, 2.24) is 0 Å². The van der Waals surface area contributed by atoms with E-state index in [0.29, 0.717) is 5.92 Å². The molecule has 0 unspecified atom stereocenters. The minimum atomic E-state index is -4.60. The Labute approximate surface area is 149 Å². The van der Waals surface area contributed by atoms with Gasteiger partial charge in [-0.3, -0.25) is 4.79 Å². The van der Waals surface area contributed by atoms with Crippen molar-refractivity contribution in [1.29, 1.82) is 0 Å².